The summed E-state index contributed by atoms with van der Waals surface area (Å²) in [4.78, 5) is 20.4. The molecule has 3 heterocycles. The number of rotatable bonds is 5. The molecule has 0 bridgehead atoms. The molecule has 0 amide bonds. The Labute approximate surface area is 317 Å². The first-order valence-electron chi connectivity index (χ1n) is 18.7. The van der Waals surface area contributed by atoms with Gasteiger partial charge in [0, 0.05) is 34.2 Å². The van der Waals surface area contributed by atoms with Crippen LogP contribution in [0.4, 0.5) is 0 Å². The minimum absolute atomic E-state index is 0.0497. The third-order valence-electron chi connectivity index (χ3n) is 10.9. The van der Waals surface area contributed by atoms with Crippen LogP contribution < -0.4 is 0 Å². The number of fused-ring (bicyclic) bond motifs is 6. The molecule has 258 valence electrons. The molecule has 10 aromatic rings. The summed E-state index contributed by atoms with van der Waals surface area (Å²) < 4.78 is 6.25. The Morgan fingerprint density at radius 1 is 0.491 bits per heavy atom. The minimum Gasteiger partial charge on any atom is -0.456 e. The normalized spacial score (nSPS) is 14.0. The van der Waals surface area contributed by atoms with E-state index in [2.05, 4.69) is 133 Å². The Kier molecular flexibility index (Phi) is 7.24. The van der Waals surface area contributed by atoms with Crippen LogP contribution in [0.3, 0.4) is 0 Å². The van der Waals surface area contributed by atoms with Crippen molar-refractivity contribution in [3.63, 3.8) is 0 Å². The van der Waals surface area contributed by atoms with Gasteiger partial charge in [-0.25, -0.2) is 15.0 Å². The van der Waals surface area contributed by atoms with Gasteiger partial charge in [-0.2, -0.15) is 0 Å². The minimum atomic E-state index is -0.0497. The summed E-state index contributed by atoms with van der Waals surface area (Å²) in [6.45, 7) is 0. The second-order valence-electron chi connectivity index (χ2n) is 14.1. The van der Waals surface area contributed by atoms with Gasteiger partial charge in [0.05, 0.1) is 11.1 Å². The molecule has 5 heteroatoms. The Morgan fingerprint density at radius 2 is 1.18 bits per heavy atom. The molecule has 3 aromatic heterocycles. The molecule has 0 aliphatic heterocycles. The van der Waals surface area contributed by atoms with Crippen molar-refractivity contribution in [1.29, 1.82) is 0 Å². The van der Waals surface area contributed by atoms with Crippen molar-refractivity contribution in [2.24, 2.45) is 0 Å². The quantitative estimate of drug-likeness (QED) is 0.178. The summed E-state index contributed by atoms with van der Waals surface area (Å²) in [5.41, 5.74) is 10.4. The van der Waals surface area contributed by atoms with Crippen molar-refractivity contribution in [2.75, 3.05) is 0 Å². The Morgan fingerprint density at radius 3 is 2.05 bits per heavy atom. The van der Waals surface area contributed by atoms with Crippen molar-refractivity contribution in [3.8, 4) is 34.0 Å². The molecule has 0 saturated heterocycles. The SMILES string of the molecule is C1=C(c2ccc(-c3nccc4oc5ccccc5c34)c3ccccc23)c2ccccc2C(c2nc(-c3ccccc3)nc(-c3ccc4ccccc4c3)n2)C1. The molecule has 7 aromatic carbocycles. The average Bonchev–Trinajstić information content (AvgIpc) is 3.65. The Balaban J connectivity index is 1.05. The molecule has 11 rings (SSSR count). The van der Waals surface area contributed by atoms with Crippen LogP contribution in [0.2, 0.25) is 0 Å². The van der Waals surface area contributed by atoms with Crippen LogP contribution in [0.5, 0.6) is 0 Å². The van der Waals surface area contributed by atoms with E-state index in [4.69, 9.17) is 24.4 Å². The first-order valence-corrected chi connectivity index (χ1v) is 18.7. The van der Waals surface area contributed by atoms with Gasteiger partial charge in [0.15, 0.2) is 11.6 Å². The van der Waals surface area contributed by atoms with Gasteiger partial charge in [-0.1, -0.05) is 152 Å². The molecule has 0 fully saturated rings. The van der Waals surface area contributed by atoms with Crippen molar-refractivity contribution in [2.45, 2.75) is 12.3 Å². The fourth-order valence-electron chi connectivity index (χ4n) is 8.36. The number of furan rings is 1. The highest BCUT2D eigenvalue weighted by Crippen LogP contribution is 2.45. The van der Waals surface area contributed by atoms with E-state index in [-0.39, 0.29) is 5.92 Å². The van der Waals surface area contributed by atoms with Crippen LogP contribution in [0.25, 0.3) is 83.1 Å². The molecule has 55 heavy (non-hydrogen) atoms. The molecular weight excluding hydrogens is 673 g/mol. The van der Waals surface area contributed by atoms with E-state index in [1.807, 2.05) is 42.6 Å². The van der Waals surface area contributed by atoms with Crippen molar-refractivity contribution in [3.05, 3.63) is 199 Å². The van der Waals surface area contributed by atoms with Gasteiger partial charge < -0.3 is 4.42 Å². The van der Waals surface area contributed by atoms with Crippen molar-refractivity contribution >= 4 is 49.1 Å². The summed E-state index contributed by atoms with van der Waals surface area (Å²) in [5, 5.41) is 6.78. The number of hydrogen-bond donors (Lipinski definition) is 0. The molecule has 0 N–H and O–H groups in total. The van der Waals surface area contributed by atoms with Crippen LogP contribution in [-0.2, 0) is 0 Å². The predicted octanol–water partition coefficient (Wildman–Crippen LogP) is 12.4. The van der Waals surface area contributed by atoms with E-state index in [9.17, 15) is 0 Å². The Hall–Kier alpha value is -7.24. The predicted molar refractivity (Wildman–Crippen MR) is 223 cm³/mol. The largest absolute Gasteiger partial charge is 0.456 e. The first kappa shape index (κ1) is 31.3. The van der Waals surface area contributed by atoms with Crippen molar-refractivity contribution < 1.29 is 4.42 Å². The van der Waals surface area contributed by atoms with Gasteiger partial charge in [-0.3, -0.25) is 4.98 Å². The number of allylic oxidation sites excluding steroid dienone is 1. The maximum absolute atomic E-state index is 6.25. The molecule has 0 spiro atoms. The van der Waals surface area contributed by atoms with Crippen LogP contribution in [0.15, 0.2) is 180 Å². The zero-order chi connectivity index (χ0) is 36.3. The maximum atomic E-state index is 6.25. The molecule has 1 aliphatic rings. The van der Waals surface area contributed by atoms with E-state index in [1.165, 1.54) is 33.0 Å². The average molecular weight is 705 g/mol. The third kappa shape index (κ3) is 5.24. The molecular formula is C50H32N4O. The monoisotopic (exact) mass is 704 g/mol. The molecule has 1 atom stereocenters. The number of benzene rings is 7. The van der Waals surface area contributed by atoms with Gasteiger partial charge in [0.1, 0.15) is 17.0 Å². The fraction of sp³-hybridized carbons (Fsp3) is 0.0400. The standard InChI is InChI=1S/C50H32N4O/c1-2-13-32(14-3-1)48-52-49(34-23-22-31-12-4-5-15-33(31)30-34)54-50(53-48)42-27-25-40(36-17-7-9-19-38(36)42)39-24-26-41(37-18-8-6-16-35(37)39)47-46-43-20-10-11-21-44(43)55-45(46)28-29-51-47/h1-26,28-30,42H,27H2. The van der Waals surface area contributed by atoms with E-state index < -0.39 is 0 Å². The topological polar surface area (TPSA) is 64.7 Å². The summed E-state index contributed by atoms with van der Waals surface area (Å²) in [6.07, 6.45) is 4.97. The lowest BCUT2D eigenvalue weighted by Gasteiger charge is -2.26. The zero-order valence-corrected chi connectivity index (χ0v) is 29.7. The molecule has 1 aliphatic carbocycles. The lowest BCUT2D eigenvalue weighted by atomic mass is 9.79. The summed E-state index contributed by atoms with van der Waals surface area (Å²) in [6, 6.07) is 57.1. The van der Waals surface area contributed by atoms with Gasteiger partial charge in [-0.05, 0) is 68.4 Å². The number of para-hydroxylation sites is 1. The van der Waals surface area contributed by atoms with Gasteiger partial charge in [0.2, 0.25) is 0 Å². The lowest BCUT2D eigenvalue weighted by Crippen LogP contribution is -2.14. The van der Waals surface area contributed by atoms with E-state index in [1.54, 1.807) is 0 Å². The van der Waals surface area contributed by atoms with E-state index >= 15 is 0 Å². The van der Waals surface area contributed by atoms with E-state index in [0.717, 1.165) is 67.3 Å². The number of nitrogens with zero attached hydrogens (tertiary/aromatic N) is 4. The van der Waals surface area contributed by atoms with Gasteiger partial charge >= 0.3 is 0 Å². The smallest absolute Gasteiger partial charge is 0.163 e. The molecule has 0 saturated carbocycles. The Bertz CT molecular complexity index is 3140. The first-order chi connectivity index (χ1) is 27.3. The zero-order valence-electron chi connectivity index (χ0n) is 29.7. The fourth-order valence-corrected chi connectivity index (χ4v) is 8.36. The summed E-state index contributed by atoms with van der Waals surface area (Å²) in [7, 11) is 0. The second-order valence-corrected chi connectivity index (χ2v) is 14.1. The number of pyridine rings is 1. The highest BCUT2D eigenvalue weighted by molar-refractivity contribution is 6.15. The van der Waals surface area contributed by atoms with Gasteiger partial charge in [-0.15, -0.1) is 0 Å². The van der Waals surface area contributed by atoms with Crippen molar-refractivity contribution in [1.82, 2.24) is 19.9 Å². The summed E-state index contributed by atoms with van der Waals surface area (Å²) >= 11 is 0. The van der Waals surface area contributed by atoms with Crippen LogP contribution in [-0.4, -0.2) is 19.9 Å². The molecule has 0 radical (unpaired) electrons. The maximum Gasteiger partial charge on any atom is 0.163 e. The molecule has 1 unspecified atom stereocenters. The van der Waals surface area contributed by atoms with Gasteiger partial charge in [0.25, 0.3) is 0 Å². The second kappa shape index (κ2) is 12.7. The van der Waals surface area contributed by atoms with E-state index in [0.29, 0.717) is 11.6 Å². The third-order valence-corrected chi connectivity index (χ3v) is 10.9. The lowest BCUT2D eigenvalue weighted by molar-refractivity contribution is 0.668. The summed E-state index contributed by atoms with van der Waals surface area (Å²) in [5.74, 6) is 2.08. The highest BCUT2D eigenvalue weighted by Gasteiger charge is 2.28. The van der Waals surface area contributed by atoms with Crippen LogP contribution in [0.1, 0.15) is 34.9 Å². The van der Waals surface area contributed by atoms with Crippen LogP contribution in [0, 0.1) is 0 Å². The van der Waals surface area contributed by atoms with Crippen LogP contribution >= 0.6 is 0 Å². The number of aromatic nitrogens is 4. The number of hydrogen-bond acceptors (Lipinski definition) is 5. The highest BCUT2D eigenvalue weighted by atomic mass is 16.3. The molecule has 5 nitrogen and oxygen atoms in total.